The lowest BCUT2D eigenvalue weighted by atomic mass is 9.89. The molecule has 0 amide bonds. The number of hydrogen-bond donors (Lipinski definition) is 2. The minimum absolute atomic E-state index is 0.00846. The topological polar surface area (TPSA) is 49.3 Å². The molecule has 1 unspecified atom stereocenters. The van der Waals surface area contributed by atoms with Gasteiger partial charge in [0.15, 0.2) is 0 Å². The van der Waals surface area contributed by atoms with E-state index in [9.17, 15) is 4.79 Å². The zero-order valence-corrected chi connectivity index (χ0v) is 12.5. The zero-order chi connectivity index (χ0) is 14.5. The summed E-state index contributed by atoms with van der Waals surface area (Å²) in [7, 11) is 0. The third kappa shape index (κ3) is 4.34. The molecule has 0 aliphatic heterocycles. The summed E-state index contributed by atoms with van der Waals surface area (Å²) in [6, 6.07) is 7.00. The highest BCUT2D eigenvalue weighted by molar-refractivity contribution is 5.67. The van der Waals surface area contributed by atoms with Crippen molar-refractivity contribution in [1.29, 1.82) is 0 Å². The van der Waals surface area contributed by atoms with Crippen LogP contribution in [0.4, 0.5) is 0 Å². The molecule has 0 heterocycles. The Morgan fingerprint density at radius 3 is 2.60 bits per heavy atom. The van der Waals surface area contributed by atoms with Crippen molar-refractivity contribution in [2.75, 3.05) is 0 Å². The lowest BCUT2D eigenvalue weighted by Gasteiger charge is -2.21. The van der Waals surface area contributed by atoms with Gasteiger partial charge in [-0.05, 0) is 48.8 Å². The van der Waals surface area contributed by atoms with Gasteiger partial charge in [0.1, 0.15) is 0 Å². The van der Waals surface area contributed by atoms with Gasteiger partial charge in [0.25, 0.3) is 0 Å². The van der Waals surface area contributed by atoms with Crippen molar-refractivity contribution in [1.82, 2.24) is 5.32 Å². The fraction of sp³-hybridized carbons (Fsp3) is 0.588. The number of benzene rings is 1. The van der Waals surface area contributed by atoms with Crippen LogP contribution in [-0.2, 0) is 24.1 Å². The smallest absolute Gasteiger partial charge is 0.304 e. The second-order valence-electron chi connectivity index (χ2n) is 6.13. The predicted molar refractivity (Wildman–Crippen MR) is 81.1 cm³/mol. The molecule has 0 aromatic heterocycles. The van der Waals surface area contributed by atoms with Gasteiger partial charge >= 0.3 is 5.97 Å². The Balaban J connectivity index is 2.07. The van der Waals surface area contributed by atoms with E-state index in [-0.39, 0.29) is 12.5 Å². The molecule has 3 nitrogen and oxygen atoms in total. The van der Waals surface area contributed by atoms with Gasteiger partial charge in [-0.3, -0.25) is 4.79 Å². The fourth-order valence-corrected chi connectivity index (χ4v) is 3.07. The van der Waals surface area contributed by atoms with Crippen molar-refractivity contribution >= 4 is 5.97 Å². The molecule has 0 saturated heterocycles. The monoisotopic (exact) mass is 275 g/mol. The normalized spacial score (nSPS) is 15.9. The van der Waals surface area contributed by atoms with E-state index in [1.54, 1.807) is 0 Å². The second kappa shape index (κ2) is 6.89. The molecular formula is C17H25NO2. The molecular weight excluding hydrogens is 250 g/mol. The molecule has 1 aliphatic rings. The number of fused-ring (bicyclic) bond motifs is 1. The van der Waals surface area contributed by atoms with Crippen LogP contribution in [-0.4, -0.2) is 23.2 Å². The fourth-order valence-electron chi connectivity index (χ4n) is 3.07. The Bertz CT molecular complexity index is 468. The molecule has 0 saturated carbocycles. The Labute approximate surface area is 121 Å². The molecule has 0 radical (unpaired) electrons. The van der Waals surface area contributed by atoms with Crippen LogP contribution in [0.25, 0.3) is 0 Å². The molecule has 1 aromatic rings. The van der Waals surface area contributed by atoms with Gasteiger partial charge in [-0.25, -0.2) is 0 Å². The summed E-state index contributed by atoms with van der Waals surface area (Å²) in [6.45, 7) is 4.11. The van der Waals surface area contributed by atoms with Crippen molar-refractivity contribution < 1.29 is 9.90 Å². The predicted octanol–water partition coefficient (Wildman–Crippen LogP) is 2.95. The Hall–Kier alpha value is -1.35. The molecule has 110 valence electrons. The maximum atomic E-state index is 11.0. The summed E-state index contributed by atoms with van der Waals surface area (Å²) >= 11 is 0. The van der Waals surface area contributed by atoms with Crippen LogP contribution in [0.15, 0.2) is 18.2 Å². The molecule has 1 aromatic carbocycles. The zero-order valence-electron chi connectivity index (χ0n) is 12.5. The Morgan fingerprint density at radius 2 is 1.95 bits per heavy atom. The number of aryl methyl sites for hydroxylation is 2. The van der Waals surface area contributed by atoms with E-state index in [0.29, 0.717) is 6.04 Å². The molecule has 3 heteroatoms. The molecule has 0 spiro atoms. The summed E-state index contributed by atoms with van der Waals surface area (Å²) in [5, 5.41) is 12.4. The van der Waals surface area contributed by atoms with E-state index in [2.05, 4.69) is 37.4 Å². The molecule has 20 heavy (non-hydrogen) atoms. The average Bonchev–Trinajstić information content (AvgIpc) is 2.37. The van der Waals surface area contributed by atoms with Crippen molar-refractivity contribution in [2.45, 2.75) is 64.5 Å². The van der Waals surface area contributed by atoms with Gasteiger partial charge in [0.2, 0.25) is 0 Å². The van der Waals surface area contributed by atoms with Crippen LogP contribution in [0.1, 0.15) is 49.8 Å². The van der Waals surface area contributed by atoms with Gasteiger partial charge in [0, 0.05) is 12.1 Å². The number of rotatable bonds is 6. The summed E-state index contributed by atoms with van der Waals surface area (Å²) < 4.78 is 0. The minimum Gasteiger partial charge on any atom is -0.481 e. The highest BCUT2D eigenvalue weighted by Crippen LogP contribution is 2.23. The Kier molecular flexibility index (Phi) is 5.18. The standard InChI is InChI=1S/C17H25NO2/c1-12(2)18-16(11-17(19)20)10-13-7-8-14-5-3-4-6-15(14)9-13/h7-9,12,16,18H,3-6,10-11H2,1-2H3,(H,19,20). The van der Waals surface area contributed by atoms with Crippen LogP contribution >= 0.6 is 0 Å². The lowest BCUT2D eigenvalue weighted by Crippen LogP contribution is -2.38. The molecule has 1 atom stereocenters. The van der Waals surface area contributed by atoms with Gasteiger partial charge < -0.3 is 10.4 Å². The third-order valence-corrected chi connectivity index (χ3v) is 3.89. The summed E-state index contributed by atoms with van der Waals surface area (Å²) in [6.07, 6.45) is 5.90. The van der Waals surface area contributed by atoms with Crippen LogP contribution in [0.3, 0.4) is 0 Å². The van der Waals surface area contributed by atoms with Crippen LogP contribution < -0.4 is 5.32 Å². The van der Waals surface area contributed by atoms with Crippen molar-refractivity contribution in [2.24, 2.45) is 0 Å². The quantitative estimate of drug-likeness (QED) is 0.839. The van der Waals surface area contributed by atoms with E-state index >= 15 is 0 Å². The summed E-state index contributed by atoms with van der Waals surface area (Å²) in [5.74, 6) is -0.735. The number of aliphatic carboxylic acids is 1. The molecule has 1 aliphatic carbocycles. The van der Waals surface area contributed by atoms with Crippen molar-refractivity contribution in [3.63, 3.8) is 0 Å². The largest absolute Gasteiger partial charge is 0.481 e. The maximum Gasteiger partial charge on any atom is 0.304 e. The highest BCUT2D eigenvalue weighted by atomic mass is 16.4. The van der Waals surface area contributed by atoms with Gasteiger partial charge in [-0.2, -0.15) is 0 Å². The third-order valence-electron chi connectivity index (χ3n) is 3.89. The van der Waals surface area contributed by atoms with Crippen LogP contribution in [0, 0.1) is 0 Å². The number of carboxylic acid groups (broad SMARTS) is 1. The first-order valence-corrected chi connectivity index (χ1v) is 7.63. The molecule has 0 fully saturated rings. The number of nitrogens with one attached hydrogen (secondary N) is 1. The summed E-state index contributed by atoms with van der Waals surface area (Å²) in [5.41, 5.74) is 4.20. The van der Waals surface area contributed by atoms with E-state index in [0.717, 1.165) is 6.42 Å². The lowest BCUT2D eigenvalue weighted by molar-refractivity contribution is -0.137. The molecule has 2 N–H and O–H groups in total. The van der Waals surface area contributed by atoms with Crippen molar-refractivity contribution in [3.8, 4) is 0 Å². The molecule has 0 bridgehead atoms. The maximum absolute atomic E-state index is 11.0. The van der Waals surface area contributed by atoms with Crippen LogP contribution in [0.2, 0.25) is 0 Å². The Morgan fingerprint density at radius 1 is 1.25 bits per heavy atom. The first-order chi connectivity index (χ1) is 9.54. The minimum atomic E-state index is -0.735. The number of carboxylic acids is 1. The number of carbonyl (C=O) groups is 1. The van der Waals surface area contributed by atoms with Gasteiger partial charge in [-0.1, -0.05) is 32.0 Å². The average molecular weight is 275 g/mol. The second-order valence-corrected chi connectivity index (χ2v) is 6.13. The van der Waals surface area contributed by atoms with E-state index in [4.69, 9.17) is 5.11 Å². The van der Waals surface area contributed by atoms with Gasteiger partial charge in [0.05, 0.1) is 6.42 Å². The van der Waals surface area contributed by atoms with E-state index in [1.165, 1.54) is 42.4 Å². The highest BCUT2D eigenvalue weighted by Gasteiger charge is 2.16. The van der Waals surface area contributed by atoms with E-state index < -0.39 is 5.97 Å². The van der Waals surface area contributed by atoms with Crippen LogP contribution in [0.5, 0.6) is 0 Å². The SMILES string of the molecule is CC(C)NC(CC(=O)O)Cc1ccc2c(c1)CCCC2. The first kappa shape index (κ1) is 15.0. The number of hydrogen-bond acceptors (Lipinski definition) is 2. The van der Waals surface area contributed by atoms with Crippen molar-refractivity contribution in [3.05, 3.63) is 34.9 Å². The summed E-state index contributed by atoms with van der Waals surface area (Å²) in [4.78, 5) is 11.0. The van der Waals surface area contributed by atoms with E-state index in [1.807, 2.05) is 0 Å². The van der Waals surface area contributed by atoms with Gasteiger partial charge in [-0.15, -0.1) is 0 Å². The molecule has 2 rings (SSSR count). The first-order valence-electron chi connectivity index (χ1n) is 7.63.